The summed E-state index contributed by atoms with van der Waals surface area (Å²) < 4.78 is 40.2. The monoisotopic (exact) mass is 486 g/mol. The van der Waals surface area contributed by atoms with Gasteiger partial charge in [-0.1, -0.05) is 6.07 Å². The van der Waals surface area contributed by atoms with Gasteiger partial charge in [-0.15, -0.1) is 0 Å². The molecule has 10 heteroatoms. The molecular formula is C24H30N4O5S. The van der Waals surface area contributed by atoms with Crippen molar-refractivity contribution in [2.24, 2.45) is 7.05 Å². The lowest BCUT2D eigenvalue weighted by atomic mass is 10.0. The molecule has 1 atom stereocenters. The van der Waals surface area contributed by atoms with Crippen molar-refractivity contribution in [1.29, 1.82) is 0 Å². The van der Waals surface area contributed by atoms with E-state index in [-0.39, 0.29) is 23.8 Å². The molecule has 0 spiro atoms. The smallest absolute Gasteiger partial charge is 0.240 e. The molecule has 0 saturated heterocycles. The van der Waals surface area contributed by atoms with Crippen molar-refractivity contribution < 1.29 is 22.7 Å². The Morgan fingerprint density at radius 3 is 2.29 bits per heavy atom. The quantitative estimate of drug-likeness (QED) is 0.456. The lowest BCUT2D eigenvalue weighted by Gasteiger charge is -2.20. The number of ether oxygens (including phenoxy) is 2. The molecule has 1 unspecified atom stereocenters. The maximum atomic E-state index is 12.8. The molecule has 3 aromatic rings. The molecule has 0 aliphatic carbocycles. The van der Waals surface area contributed by atoms with E-state index in [9.17, 15) is 13.2 Å². The first-order chi connectivity index (χ1) is 16.1. The Morgan fingerprint density at radius 2 is 1.74 bits per heavy atom. The lowest BCUT2D eigenvalue weighted by Crippen LogP contribution is -2.34. The maximum absolute atomic E-state index is 12.8. The van der Waals surface area contributed by atoms with Gasteiger partial charge in [0.25, 0.3) is 0 Å². The summed E-state index contributed by atoms with van der Waals surface area (Å²) in [5, 5.41) is 2.95. The van der Waals surface area contributed by atoms with Gasteiger partial charge in [0.2, 0.25) is 15.9 Å². The number of benzene rings is 2. The van der Waals surface area contributed by atoms with Crippen molar-refractivity contribution in [1.82, 2.24) is 19.6 Å². The largest absolute Gasteiger partial charge is 0.497 e. The highest BCUT2D eigenvalue weighted by atomic mass is 32.2. The first kappa shape index (κ1) is 25.3. The van der Waals surface area contributed by atoms with Crippen LogP contribution in [0.15, 0.2) is 53.7 Å². The van der Waals surface area contributed by atoms with Gasteiger partial charge in [-0.05, 0) is 54.8 Å². The SMILES string of the molecule is COc1cc(OC)cc(C(NC(=O)CCNS(=O)(=O)c2ccc(C)c(C)c2)c2nccn2C)c1. The van der Waals surface area contributed by atoms with E-state index in [1.807, 2.05) is 20.9 Å². The minimum atomic E-state index is -3.72. The Kier molecular flexibility index (Phi) is 7.95. The zero-order chi connectivity index (χ0) is 24.9. The van der Waals surface area contributed by atoms with E-state index in [4.69, 9.17) is 9.47 Å². The molecule has 0 aliphatic heterocycles. The zero-order valence-electron chi connectivity index (χ0n) is 20.0. The molecule has 9 nitrogen and oxygen atoms in total. The number of nitrogens with zero attached hydrogens (tertiary/aromatic N) is 2. The molecule has 0 fully saturated rings. The summed E-state index contributed by atoms with van der Waals surface area (Å²) in [5.74, 6) is 1.42. The highest BCUT2D eigenvalue weighted by Crippen LogP contribution is 2.29. The van der Waals surface area contributed by atoms with Crippen molar-refractivity contribution in [3.8, 4) is 11.5 Å². The van der Waals surface area contributed by atoms with E-state index < -0.39 is 16.1 Å². The summed E-state index contributed by atoms with van der Waals surface area (Å²) in [4.78, 5) is 17.4. The summed E-state index contributed by atoms with van der Waals surface area (Å²) in [5.41, 5.74) is 2.61. The average molecular weight is 487 g/mol. The van der Waals surface area contributed by atoms with Gasteiger partial charge in [-0.3, -0.25) is 4.79 Å². The number of imidazole rings is 1. The Hall–Kier alpha value is -3.37. The van der Waals surface area contributed by atoms with Gasteiger partial charge in [0, 0.05) is 38.5 Å². The molecule has 0 aliphatic rings. The van der Waals surface area contributed by atoms with Gasteiger partial charge in [0.05, 0.1) is 19.1 Å². The zero-order valence-corrected chi connectivity index (χ0v) is 20.8. The van der Waals surface area contributed by atoms with E-state index in [1.165, 1.54) is 0 Å². The molecule has 1 aromatic heterocycles. The van der Waals surface area contributed by atoms with Crippen LogP contribution in [0.2, 0.25) is 0 Å². The number of methoxy groups -OCH3 is 2. The van der Waals surface area contributed by atoms with Crippen molar-refractivity contribution in [2.75, 3.05) is 20.8 Å². The van der Waals surface area contributed by atoms with E-state index in [0.717, 1.165) is 16.7 Å². The predicted octanol–water partition coefficient (Wildman–Crippen LogP) is 2.63. The standard InChI is InChI=1S/C24H30N4O5S/c1-16-6-7-21(12-17(16)2)34(30,31)26-9-8-22(29)27-23(24-25-10-11-28(24)3)18-13-19(32-4)15-20(14-18)33-5/h6-7,10-15,23,26H,8-9H2,1-5H3,(H,27,29). The summed E-state index contributed by atoms with van der Waals surface area (Å²) in [6, 6.07) is 9.67. The predicted molar refractivity (Wildman–Crippen MR) is 128 cm³/mol. The second kappa shape index (κ2) is 10.7. The van der Waals surface area contributed by atoms with Crippen molar-refractivity contribution in [3.63, 3.8) is 0 Å². The van der Waals surface area contributed by atoms with Crippen LogP contribution in [0.5, 0.6) is 11.5 Å². The molecule has 2 N–H and O–H groups in total. The minimum Gasteiger partial charge on any atom is -0.497 e. The van der Waals surface area contributed by atoms with Crippen LogP contribution in [0.1, 0.15) is 35.0 Å². The molecule has 34 heavy (non-hydrogen) atoms. The van der Waals surface area contributed by atoms with Crippen LogP contribution >= 0.6 is 0 Å². The fourth-order valence-corrected chi connectivity index (χ4v) is 4.56. The third-order valence-corrected chi connectivity index (χ3v) is 7.02. The van der Waals surface area contributed by atoms with Gasteiger partial charge < -0.3 is 19.4 Å². The summed E-state index contributed by atoms with van der Waals surface area (Å²) >= 11 is 0. The first-order valence-electron chi connectivity index (χ1n) is 10.7. The summed E-state index contributed by atoms with van der Waals surface area (Å²) in [7, 11) is 1.21. The van der Waals surface area contributed by atoms with Crippen LogP contribution in [0.25, 0.3) is 0 Å². The van der Waals surface area contributed by atoms with Gasteiger partial charge in [-0.25, -0.2) is 18.1 Å². The van der Waals surface area contributed by atoms with Gasteiger partial charge >= 0.3 is 0 Å². The number of sulfonamides is 1. The Bertz CT molecular complexity index is 1250. The molecule has 2 aromatic carbocycles. The van der Waals surface area contributed by atoms with Gasteiger partial charge in [0.1, 0.15) is 23.4 Å². The number of aromatic nitrogens is 2. The summed E-state index contributed by atoms with van der Waals surface area (Å²) in [6.45, 7) is 3.72. The molecule has 0 bridgehead atoms. The summed E-state index contributed by atoms with van der Waals surface area (Å²) in [6.07, 6.45) is 3.37. The minimum absolute atomic E-state index is 0.0458. The van der Waals surface area contributed by atoms with Crippen LogP contribution < -0.4 is 19.5 Å². The first-order valence-corrected chi connectivity index (χ1v) is 12.2. The topological polar surface area (TPSA) is 112 Å². The fraction of sp³-hybridized carbons (Fsp3) is 0.333. The van der Waals surface area contributed by atoms with Crippen molar-refractivity contribution >= 4 is 15.9 Å². The number of carbonyl (C=O) groups is 1. The molecule has 182 valence electrons. The molecule has 0 radical (unpaired) electrons. The Labute approximate surface area is 200 Å². The third kappa shape index (κ3) is 5.95. The Morgan fingerprint density at radius 1 is 1.06 bits per heavy atom. The molecule has 1 amide bonds. The lowest BCUT2D eigenvalue weighted by molar-refractivity contribution is -0.121. The van der Waals surface area contributed by atoms with Crippen molar-refractivity contribution in [3.05, 3.63) is 71.3 Å². The van der Waals surface area contributed by atoms with Gasteiger partial charge in [0.15, 0.2) is 0 Å². The van der Waals surface area contributed by atoms with Crippen molar-refractivity contribution in [2.45, 2.75) is 31.2 Å². The number of hydrogen-bond donors (Lipinski definition) is 2. The Balaban J connectivity index is 1.74. The van der Waals surface area contributed by atoms with Crippen LogP contribution in [-0.2, 0) is 21.9 Å². The number of rotatable bonds is 10. The number of carbonyl (C=O) groups excluding carboxylic acids is 1. The van der Waals surface area contributed by atoms with E-state index in [0.29, 0.717) is 17.3 Å². The third-order valence-electron chi connectivity index (χ3n) is 5.56. The van der Waals surface area contributed by atoms with Crippen LogP contribution in [-0.4, -0.2) is 44.6 Å². The molecular weight excluding hydrogens is 456 g/mol. The number of hydrogen-bond acceptors (Lipinski definition) is 6. The molecule has 1 heterocycles. The molecule has 0 saturated carbocycles. The fourth-order valence-electron chi connectivity index (χ4n) is 3.44. The second-order valence-corrected chi connectivity index (χ2v) is 9.70. The number of nitrogens with one attached hydrogen (secondary N) is 2. The van der Waals surface area contributed by atoms with Crippen LogP contribution in [0, 0.1) is 13.8 Å². The van der Waals surface area contributed by atoms with E-state index in [1.54, 1.807) is 67.6 Å². The number of aryl methyl sites for hydroxylation is 3. The van der Waals surface area contributed by atoms with E-state index in [2.05, 4.69) is 15.0 Å². The maximum Gasteiger partial charge on any atom is 0.240 e. The average Bonchev–Trinajstić information content (AvgIpc) is 3.24. The highest BCUT2D eigenvalue weighted by Gasteiger charge is 2.23. The normalized spacial score (nSPS) is 12.3. The van der Waals surface area contributed by atoms with Crippen LogP contribution in [0.3, 0.4) is 0 Å². The highest BCUT2D eigenvalue weighted by molar-refractivity contribution is 7.89. The second-order valence-electron chi connectivity index (χ2n) is 7.94. The van der Waals surface area contributed by atoms with Gasteiger partial charge in [-0.2, -0.15) is 0 Å². The van der Waals surface area contributed by atoms with Crippen LogP contribution in [0.4, 0.5) is 0 Å². The van der Waals surface area contributed by atoms with E-state index >= 15 is 0 Å². The number of amides is 1. The molecule has 3 rings (SSSR count).